The first-order chi connectivity index (χ1) is 8.29. The first kappa shape index (κ1) is 11.2. The molecule has 2 rings (SSSR count). The number of nitrogens with zero attached hydrogens (tertiary/aromatic N) is 2. The minimum atomic E-state index is 0.603. The van der Waals surface area contributed by atoms with E-state index in [9.17, 15) is 0 Å². The molecule has 0 saturated carbocycles. The minimum Gasteiger partial charge on any atom is -0.481 e. The molecule has 0 unspecified atom stereocenters. The Balaban J connectivity index is 2.00. The number of hydrogen-bond acceptors (Lipinski definition) is 5. The molecule has 5 heteroatoms. The van der Waals surface area contributed by atoms with Crippen LogP contribution < -0.4 is 15.8 Å². The average Bonchev–Trinajstić information content (AvgIpc) is 2.38. The molecule has 2 heterocycles. The normalized spacial score (nSPS) is 9.94. The monoisotopic (exact) mass is 230 g/mol. The fourth-order valence-corrected chi connectivity index (χ4v) is 1.39. The van der Waals surface area contributed by atoms with Crippen LogP contribution in [0.3, 0.4) is 0 Å². The maximum absolute atomic E-state index is 5.77. The fraction of sp³-hybridized carbons (Fsp3) is 0.167. The lowest BCUT2D eigenvalue weighted by atomic mass is 10.3. The number of methoxy groups -OCH3 is 1. The van der Waals surface area contributed by atoms with E-state index in [-0.39, 0.29) is 0 Å². The van der Waals surface area contributed by atoms with Gasteiger partial charge in [-0.3, -0.25) is 0 Å². The lowest BCUT2D eigenvalue weighted by Crippen LogP contribution is -2.04. The van der Waals surface area contributed by atoms with Crippen molar-refractivity contribution in [2.24, 2.45) is 0 Å². The summed E-state index contributed by atoms with van der Waals surface area (Å²) in [7, 11) is 1.59. The van der Waals surface area contributed by atoms with E-state index < -0.39 is 0 Å². The number of nitrogen functional groups attached to an aromatic ring is 1. The molecule has 0 aliphatic carbocycles. The van der Waals surface area contributed by atoms with Crippen LogP contribution in [0.1, 0.15) is 5.56 Å². The number of ether oxygens (including phenoxy) is 1. The van der Waals surface area contributed by atoms with Crippen molar-refractivity contribution in [3.05, 3.63) is 42.2 Å². The smallest absolute Gasteiger partial charge is 0.212 e. The molecule has 2 aromatic heterocycles. The zero-order valence-electron chi connectivity index (χ0n) is 9.55. The molecule has 0 amide bonds. The van der Waals surface area contributed by atoms with E-state index in [0.717, 1.165) is 5.56 Å². The summed E-state index contributed by atoms with van der Waals surface area (Å²) in [6, 6.07) is 7.37. The van der Waals surface area contributed by atoms with Crippen molar-refractivity contribution in [3.8, 4) is 5.88 Å². The summed E-state index contributed by atoms with van der Waals surface area (Å²) in [5.41, 5.74) is 7.44. The Morgan fingerprint density at radius 3 is 2.82 bits per heavy atom. The van der Waals surface area contributed by atoms with Crippen molar-refractivity contribution >= 4 is 11.5 Å². The lowest BCUT2D eigenvalue weighted by molar-refractivity contribution is 0.397. The molecule has 3 N–H and O–H groups in total. The van der Waals surface area contributed by atoms with E-state index in [1.807, 2.05) is 18.2 Å². The van der Waals surface area contributed by atoms with Gasteiger partial charge in [0.1, 0.15) is 5.82 Å². The Kier molecular flexibility index (Phi) is 3.40. The minimum absolute atomic E-state index is 0.603. The predicted octanol–water partition coefficient (Wildman–Crippen LogP) is 1.68. The van der Waals surface area contributed by atoms with Crippen molar-refractivity contribution in [1.29, 1.82) is 0 Å². The van der Waals surface area contributed by atoms with Gasteiger partial charge in [-0.05, 0) is 17.7 Å². The van der Waals surface area contributed by atoms with Crippen LogP contribution in [0.2, 0.25) is 0 Å². The van der Waals surface area contributed by atoms with Gasteiger partial charge in [0.15, 0.2) is 0 Å². The molecule has 0 radical (unpaired) electrons. The van der Waals surface area contributed by atoms with Crippen LogP contribution in [0.15, 0.2) is 36.7 Å². The van der Waals surface area contributed by atoms with E-state index in [1.165, 1.54) is 0 Å². The maximum Gasteiger partial charge on any atom is 0.212 e. The Morgan fingerprint density at radius 1 is 1.29 bits per heavy atom. The molecule has 5 nitrogen and oxygen atoms in total. The van der Waals surface area contributed by atoms with Gasteiger partial charge < -0.3 is 15.8 Å². The Labute approximate surface area is 99.7 Å². The van der Waals surface area contributed by atoms with Crippen LogP contribution in [0.4, 0.5) is 11.5 Å². The predicted molar refractivity (Wildman–Crippen MR) is 66.8 cm³/mol. The third-order valence-corrected chi connectivity index (χ3v) is 2.31. The van der Waals surface area contributed by atoms with Gasteiger partial charge >= 0.3 is 0 Å². The van der Waals surface area contributed by atoms with Crippen molar-refractivity contribution in [1.82, 2.24) is 9.97 Å². The zero-order valence-corrected chi connectivity index (χ0v) is 9.55. The third-order valence-electron chi connectivity index (χ3n) is 2.31. The Morgan fingerprint density at radius 2 is 2.18 bits per heavy atom. The first-order valence-corrected chi connectivity index (χ1v) is 5.23. The summed E-state index contributed by atoms with van der Waals surface area (Å²) >= 11 is 0. The molecule has 0 bridgehead atoms. The van der Waals surface area contributed by atoms with Gasteiger partial charge in [-0.1, -0.05) is 6.07 Å². The largest absolute Gasteiger partial charge is 0.481 e. The maximum atomic E-state index is 5.77. The van der Waals surface area contributed by atoms with Gasteiger partial charge in [-0.15, -0.1) is 0 Å². The zero-order chi connectivity index (χ0) is 12.1. The summed E-state index contributed by atoms with van der Waals surface area (Å²) in [4.78, 5) is 8.26. The molecule has 0 aliphatic heterocycles. The molecule has 0 aliphatic rings. The molecule has 0 spiro atoms. The van der Waals surface area contributed by atoms with Gasteiger partial charge in [-0.25, -0.2) is 9.97 Å². The fourth-order valence-electron chi connectivity index (χ4n) is 1.39. The van der Waals surface area contributed by atoms with Gasteiger partial charge in [-0.2, -0.15) is 0 Å². The van der Waals surface area contributed by atoms with Gasteiger partial charge in [0, 0.05) is 25.0 Å². The number of rotatable bonds is 4. The lowest BCUT2D eigenvalue weighted by Gasteiger charge is -2.07. The van der Waals surface area contributed by atoms with E-state index in [0.29, 0.717) is 23.9 Å². The number of anilines is 2. The van der Waals surface area contributed by atoms with Crippen LogP contribution in [-0.4, -0.2) is 17.1 Å². The second-order valence-electron chi connectivity index (χ2n) is 3.50. The summed E-state index contributed by atoms with van der Waals surface area (Å²) in [6.45, 7) is 0.623. The second kappa shape index (κ2) is 5.16. The highest BCUT2D eigenvalue weighted by atomic mass is 16.5. The molecule has 0 aromatic carbocycles. The van der Waals surface area contributed by atoms with Crippen molar-refractivity contribution in [3.63, 3.8) is 0 Å². The van der Waals surface area contributed by atoms with Crippen LogP contribution in [0.25, 0.3) is 0 Å². The molecular formula is C12H14N4O. The number of hydrogen-bond donors (Lipinski definition) is 2. The van der Waals surface area contributed by atoms with Crippen LogP contribution in [-0.2, 0) is 6.54 Å². The highest BCUT2D eigenvalue weighted by molar-refractivity contribution is 5.60. The Bertz CT molecular complexity index is 484. The Hall–Kier alpha value is -2.30. The van der Waals surface area contributed by atoms with Crippen LogP contribution in [0.5, 0.6) is 5.88 Å². The highest BCUT2D eigenvalue weighted by Gasteiger charge is 1.99. The molecule has 0 atom stereocenters. The van der Waals surface area contributed by atoms with Crippen LogP contribution >= 0.6 is 0 Å². The van der Waals surface area contributed by atoms with E-state index in [2.05, 4.69) is 15.3 Å². The topological polar surface area (TPSA) is 73.1 Å². The van der Waals surface area contributed by atoms with Crippen molar-refractivity contribution in [2.45, 2.75) is 6.54 Å². The molecule has 0 fully saturated rings. The highest BCUT2D eigenvalue weighted by Crippen LogP contribution is 2.14. The summed E-state index contributed by atoms with van der Waals surface area (Å²) in [5, 5.41) is 3.15. The van der Waals surface area contributed by atoms with Gasteiger partial charge in [0.05, 0.1) is 12.8 Å². The molecule has 17 heavy (non-hydrogen) atoms. The van der Waals surface area contributed by atoms with E-state index in [1.54, 1.807) is 25.6 Å². The standard InChI is InChI=1S/C12H14N4O/c1-17-11-5-4-9(7-15-11)8-16-12-10(13)3-2-6-14-12/h2-7H,8,13H2,1H3,(H,14,16). The molecule has 2 aromatic rings. The number of aromatic nitrogens is 2. The number of pyridine rings is 2. The SMILES string of the molecule is COc1ccc(CNc2ncccc2N)cn1. The first-order valence-electron chi connectivity index (χ1n) is 5.23. The molecule has 0 saturated heterocycles. The summed E-state index contributed by atoms with van der Waals surface area (Å²) < 4.78 is 4.99. The molecular weight excluding hydrogens is 216 g/mol. The van der Waals surface area contributed by atoms with Gasteiger partial charge in [0.25, 0.3) is 0 Å². The average molecular weight is 230 g/mol. The van der Waals surface area contributed by atoms with Crippen molar-refractivity contribution in [2.75, 3.05) is 18.2 Å². The number of nitrogens with two attached hydrogens (primary N) is 1. The van der Waals surface area contributed by atoms with E-state index >= 15 is 0 Å². The number of nitrogens with one attached hydrogen (secondary N) is 1. The quantitative estimate of drug-likeness (QED) is 0.836. The summed E-state index contributed by atoms with van der Waals surface area (Å²) in [6.07, 6.45) is 3.45. The van der Waals surface area contributed by atoms with Crippen LogP contribution in [0, 0.1) is 0 Å². The van der Waals surface area contributed by atoms with Crippen molar-refractivity contribution < 1.29 is 4.74 Å². The van der Waals surface area contributed by atoms with E-state index in [4.69, 9.17) is 10.5 Å². The molecule has 88 valence electrons. The summed E-state index contributed by atoms with van der Waals surface area (Å²) in [5.74, 6) is 1.29. The van der Waals surface area contributed by atoms with Gasteiger partial charge in [0.2, 0.25) is 5.88 Å². The second-order valence-corrected chi connectivity index (χ2v) is 3.50. The third kappa shape index (κ3) is 2.84.